The smallest absolute Gasteiger partial charge is 0.237 e. The Balaban J connectivity index is 2.36. The molecule has 0 aliphatic carbocycles. The third-order valence-corrected chi connectivity index (χ3v) is 3.96. The van der Waals surface area contributed by atoms with Crippen LogP contribution in [0.25, 0.3) is 0 Å². The van der Waals surface area contributed by atoms with Gasteiger partial charge in [-0.1, -0.05) is 13.8 Å². The standard InChI is InChI=1S/C17H34N2O2/c1-13(2)12-21-16-7-9-18(10-8-16)11-17(20)19(14(3)4)15(5)6/h13-16H,7-12H2,1-6H3. The maximum Gasteiger partial charge on any atom is 0.237 e. The SMILES string of the molecule is CC(C)COC1CCN(CC(=O)N(C(C)C)C(C)C)CC1. The van der Waals surface area contributed by atoms with Crippen molar-refractivity contribution < 1.29 is 9.53 Å². The van der Waals surface area contributed by atoms with E-state index in [1.807, 2.05) is 4.90 Å². The Labute approximate surface area is 130 Å². The van der Waals surface area contributed by atoms with Gasteiger partial charge >= 0.3 is 0 Å². The Morgan fingerprint density at radius 1 is 1.10 bits per heavy atom. The summed E-state index contributed by atoms with van der Waals surface area (Å²) in [6.07, 6.45) is 2.47. The average molecular weight is 298 g/mol. The van der Waals surface area contributed by atoms with Gasteiger partial charge < -0.3 is 9.64 Å². The number of nitrogens with zero attached hydrogens (tertiary/aromatic N) is 2. The van der Waals surface area contributed by atoms with Gasteiger partial charge in [-0.25, -0.2) is 0 Å². The predicted molar refractivity (Wildman–Crippen MR) is 87.4 cm³/mol. The van der Waals surface area contributed by atoms with Gasteiger partial charge in [0, 0.05) is 31.8 Å². The minimum atomic E-state index is 0.251. The largest absolute Gasteiger partial charge is 0.378 e. The summed E-state index contributed by atoms with van der Waals surface area (Å²) in [4.78, 5) is 16.7. The lowest BCUT2D eigenvalue weighted by Gasteiger charge is -2.36. The molecule has 0 bridgehead atoms. The van der Waals surface area contributed by atoms with Gasteiger partial charge in [0.05, 0.1) is 12.6 Å². The van der Waals surface area contributed by atoms with Gasteiger partial charge in [-0.15, -0.1) is 0 Å². The summed E-state index contributed by atoms with van der Waals surface area (Å²) in [6, 6.07) is 0.536. The predicted octanol–water partition coefficient (Wildman–Crippen LogP) is 2.77. The van der Waals surface area contributed by atoms with E-state index in [0.29, 0.717) is 18.6 Å². The molecule has 1 aliphatic heterocycles. The van der Waals surface area contributed by atoms with Crippen LogP contribution in [-0.4, -0.2) is 60.1 Å². The highest BCUT2D eigenvalue weighted by molar-refractivity contribution is 5.78. The van der Waals surface area contributed by atoms with Crippen LogP contribution in [0.1, 0.15) is 54.4 Å². The molecule has 0 aromatic carbocycles. The highest BCUT2D eigenvalue weighted by Gasteiger charge is 2.25. The van der Waals surface area contributed by atoms with Crippen LogP contribution in [0.2, 0.25) is 0 Å². The molecule has 4 nitrogen and oxygen atoms in total. The van der Waals surface area contributed by atoms with Gasteiger partial charge in [0.2, 0.25) is 5.91 Å². The van der Waals surface area contributed by atoms with Gasteiger partial charge in [-0.2, -0.15) is 0 Å². The Morgan fingerprint density at radius 2 is 1.62 bits per heavy atom. The molecule has 1 aliphatic rings. The summed E-state index contributed by atoms with van der Waals surface area (Å²) >= 11 is 0. The molecule has 0 spiro atoms. The van der Waals surface area contributed by atoms with E-state index in [-0.39, 0.29) is 18.0 Å². The second-order valence-electron chi connectivity index (χ2n) is 7.19. The summed E-state index contributed by atoms with van der Waals surface area (Å²) in [6.45, 7) is 16.0. The van der Waals surface area contributed by atoms with Crippen molar-refractivity contribution in [3.8, 4) is 0 Å². The van der Waals surface area contributed by atoms with Gasteiger partial charge in [0.1, 0.15) is 0 Å². The molecule has 4 heteroatoms. The lowest BCUT2D eigenvalue weighted by Crippen LogP contribution is -2.49. The zero-order valence-electron chi connectivity index (χ0n) is 14.8. The van der Waals surface area contributed by atoms with Crippen LogP contribution in [0.5, 0.6) is 0 Å². The maximum absolute atomic E-state index is 12.4. The molecule has 1 fully saturated rings. The second-order valence-corrected chi connectivity index (χ2v) is 7.19. The van der Waals surface area contributed by atoms with Crippen molar-refractivity contribution in [3.63, 3.8) is 0 Å². The van der Waals surface area contributed by atoms with E-state index in [1.165, 1.54) is 0 Å². The van der Waals surface area contributed by atoms with Crippen LogP contribution in [0.15, 0.2) is 0 Å². The average Bonchev–Trinajstić information content (AvgIpc) is 2.36. The first-order chi connectivity index (χ1) is 9.81. The molecule has 1 heterocycles. The molecule has 21 heavy (non-hydrogen) atoms. The van der Waals surface area contributed by atoms with Gasteiger partial charge in [-0.3, -0.25) is 9.69 Å². The molecule has 0 aromatic rings. The topological polar surface area (TPSA) is 32.8 Å². The molecule has 0 unspecified atom stereocenters. The van der Waals surface area contributed by atoms with Crippen LogP contribution in [-0.2, 0) is 9.53 Å². The summed E-state index contributed by atoms with van der Waals surface area (Å²) in [7, 11) is 0. The molecule has 1 rings (SSSR count). The van der Waals surface area contributed by atoms with Crippen LogP contribution < -0.4 is 0 Å². The van der Waals surface area contributed by atoms with Crippen molar-refractivity contribution >= 4 is 5.91 Å². The number of piperidine rings is 1. The maximum atomic E-state index is 12.4. The Kier molecular flexibility index (Phi) is 7.67. The number of hydrogen-bond acceptors (Lipinski definition) is 3. The normalized spacial score (nSPS) is 18.0. The molecule has 0 N–H and O–H groups in total. The monoisotopic (exact) mass is 298 g/mol. The van der Waals surface area contributed by atoms with E-state index < -0.39 is 0 Å². The van der Waals surface area contributed by atoms with E-state index in [9.17, 15) is 4.79 Å². The minimum absolute atomic E-state index is 0.251. The van der Waals surface area contributed by atoms with Crippen LogP contribution >= 0.6 is 0 Å². The fraction of sp³-hybridized carbons (Fsp3) is 0.941. The number of likely N-dealkylation sites (tertiary alicyclic amines) is 1. The molecule has 0 aromatic heterocycles. The fourth-order valence-corrected chi connectivity index (χ4v) is 3.01. The summed E-state index contributed by atoms with van der Waals surface area (Å²) in [5, 5.41) is 0. The third kappa shape index (κ3) is 6.35. The molecule has 124 valence electrons. The van der Waals surface area contributed by atoms with Crippen LogP contribution in [0, 0.1) is 5.92 Å². The highest BCUT2D eigenvalue weighted by Crippen LogP contribution is 2.15. The zero-order chi connectivity index (χ0) is 16.0. The van der Waals surface area contributed by atoms with E-state index in [4.69, 9.17) is 4.74 Å². The number of rotatable bonds is 7. The van der Waals surface area contributed by atoms with Crippen molar-refractivity contribution in [3.05, 3.63) is 0 Å². The Hall–Kier alpha value is -0.610. The second kappa shape index (κ2) is 8.74. The first-order valence-corrected chi connectivity index (χ1v) is 8.46. The number of ether oxygens (including phenoxy) is 1. The zero-order valence-corrected chi connectivity index (χ0v) is 14.8. The van der Waals surface area contributed by atoms with E-state index >= 15 is 0 Å². The van der Waals surface area contributed by atoms with Crippen LogP contribution in [0.3, 0.4) is 0 Å². The van der Waals surface area contributed by atoms with E-state index in [2.05, 4.69) is 46.4 Å². The number of hydrogen-bond donors (Lipinski definition) is 0. The van der Waals surface area contributed by atoms with Crippen molar-refractivity contribution in [1.82, 2.24) is 9.80 Å². The molecule has 0 atom stereocenters. The van der Waals surface area contributed by atoms with Crippen molar-refractivity contribution in [2.75, 3.05) is 26.2 Å². The highest BCUT2D eigenvalue weighted by atomic mass is 16.5. The lowest BCUT2D eigenvalue weighted by molar-refractivity contribution is -0.136. The lowest BCUT2D eigenvalue weighted by atomic mass is 10.1. The summed E-state index contributed by atoms with van der Waals surface area (Å²) < 4.78 is 5.90. The molecule has 0 saturated carbocycles. The number of carbonyl (C=O) groups is 1. The Morgan fingerprint density at radius 3 is 2.05 bits per heavy atom. The molecule has 0 radical (unpaired) electrons. The minimum Gasteiger partial charge on any atom is -0.378 e. The first-order valence-electron chi connectivity index (χ1n) is 8.46. The van der Waals surface area contributed by atoms with E-state index in [0.717, 1.165) is 32.5 Å². The molecular weight excluding hydrogens is 264 g/mol. The molecular formula is C17H34N2O2. The van der Waals surface area contributed by atoms with Crippen molar-refractivity contribution in [1.29, 1.82) is 0 Å². The quantitative estimate of drug-likeness (QED) is 0.724. The summed E-state index contributed by atoms with van der Waals surface area (Å²) in [5.74, 6) is 0.844. The van der Waals surface area contributed by atoms with Gasteiger partial charge in [0.15, 0.2) is 0 Å². The third-order valence-electron chi connectivity index (χ3n) is 3.96. The fourth-order valence-electron chi connectivity index (χ4n) is 3.01. The number of amides is 1. The summed E-state index contributed by atoms with van der Waals surface area (Å²) in [5.41, 5.74) is 0. The van der Waals surface area contributed by atoms with Crippen LogP contribution in [0.4, 0.5) is 0 Å². The molecule has 1 amide bonds. The first kappa shape index (κ1) is 18.4. The van der Waals surface area contributed by atoms with Crippen molar-refractivity contribution in [2.45, 2.75) is 72.6 Å². The van der Waals surface area contributed by atoms with E-state index in [1.54, 1.807) is 0 Å². The van der Waals surface area contributed by atoms with Crippen molar-refractivity contribution in [2.24, 2.45) is 5.92 Å². The number of carbonyl (C=O) groups excluding carboxylic acids is 1. The van der Waals surface area contributed by atoms with Gasteiger partial charge in [0.25, 0.3) is 0 Å². The molecule has 1 saturated heterocycles. The van der Waals surface area contributed by atoms with Gasteiger partial charge in [-0.05, 0) is 46.5 Å². The Bertz CT molecular complexity index is 300.